The number of hydrogen-bond donors (Lipinski definition) is 1. The Labute approximate surface area is 95.7 Å². The minimum absolute atomic E-state index is 0.168. The first-order chi connectivity index (χ1) is 7.50. The zero-order chi connectivity index (χ0) is 11.8. The monoisotopic (exact) mass is 219 g/mol. The van der Waals surface area contributed by atoms with Crippen LogP contribution in [-0.2, 0) is 11.2 Å². The number of benzene rings is 1. The molecule has 1 aromatic carbocycles. The van der Waals surface area contributed by atoms with Crippen molar-refractivity contribution in [2.24, 2.45) is 0 Å². The Morgan fingerprint density at radius 3 is 2.81 bits per heavy atom. The van der Waals surface area contributed by atoms with Gasteiger partial charge in [-0.3, -0.25) is 4.79 Å². The van der Waals surface area contributed by atoms with Crippen LogP contribution >= 0.6 is 0 Å². The fourth-order valence-electron chi connectivity index (χ4n) is 2.43. The highest BCUT2D eigenvalue weighted by molar-refractivity contribution is 5.70. The molecule has 0 saturated heterocycles. The number of aliphatic carboxylic acids is 1. The number of carbonyl (C=O) groups is 1. The third-order valence-electron chi connectivity index (χ3n) is 3.20. The number of carboxylic acids is 1. The second-order valence-corrected chi connectivity index (χ2v) is 4.91. The van der Waals surface area contributed by atoms with Crippen molar-refractivity contribution in [1.29, 1.82) is 0 Å². The van der Waals surface area contributed by atoms with Gasteiger partial charge >= 0.3 is 5.97 Å². The van der Waals surface area contributed by atoms with Gasteiger partial charge in [0.2, 0.25) is 0 Å². The summed E-state index contributed by atoms with van der Waals surface area (Å²) < 4.78 is 0. The number of fused-ring (bicyclic) bond motifs is 1. The van der Waals surface area contributed by atoms with Crippen LogP contribution in [0.3, 0.4) is 0 Å². The van der Waals surface area contributed by atoms with E-state index in [9.17, 15) is 4.79 Å². The Bertz CT molecular complexity index is 412. The molecular weight excluding hydrogens is 202 g/mol. The normalized spacial score (nSPS) is 15.0. The maximum atomic E-state index is 10.9. The van der Waals surface area contributed by atoms with Crippen molar-refractivity contribution in [3.8, 4) is 0 Å². The van der Waals surface area contributed by atoms with E-state index in [1.54, 1.807) is 0 Å². The summed E-state index contributed by atoms with van der Waals surface area (Å²) in [7, 11) is 0. The molecule has 0 spiro atoms. The van der Waals surface area contributed by atoms with Gasteiger partial charge in [0.1, 0.15) is 0 Å². The number of nitrogens with zero attached hydrogens (tertiary/aromatic N) is 1. The summed E-state index contributed by atoms with van der Waals surface area (Å²) in [5.41, 5.74) is 2.19. The van der Waals surface area contributed by atoms with Crippen LogP contribution in [0, 0.1) is 0 Å². The maximum absolute atomic E-state index is 10.9. The predicted octanol–water partition coefficient (Wildman–Crippen LogP) is 2.30. The summed E-state index contributed by atoms with van der Waals surface area (Å²) in [5, 5.41) is 8.93. The van der Waals surface area contributed by atoms with Gasteiger partial charge in [0, 0.05) is 17.8 Å². The number of anilines is 1. The molecule has 2 rings (SSSR count). The lowest BCUT2D eigenvalue weighted by Crippen LogP contribution is -2.44. The van der Waals surface area contributed by atoms with Gasteiger partial charge in [-0.2, -0.15) is 0 Å². The van der Waals surface area contributed by atoms with E-state index >= 15 is 0 Å². The molecule has 1 aliphatic rings. The van der Waals surface area contributed by atoms with E-state index in [-0.39, 0.29) is 12.0 Å². The third kappa shape index (κ3) is 1.90. The standard InChI is InChI=1S/C13H17NO2/c1-13(2,9-12(15)16)14-8-7-10-5-3-4-6-11(10)14/h3-6H,7-9H2,1-2H3,(H,15,16). The van der Waals surface area contributed by atoms with Crippen molar-refractivity contribution in [2.75, 3.05) is 11.4 Å². The van der Waals surface area contributed by atoms with Crippen molar-refractivity contribution < 1.29 is 9.90 Å². The van der Waals surface area contributed by atoms with Crippen molar-refractivity contribution in [1.82, 2.24) is 0 Å². The molecular formula is C13H17NO2. The Kier molecular flexibility index (Phi) is 2.62. The van der Waals surface area contributed by atoms with E-state index in [4.69, 9.17) is 5.11 Å². The lowest BCUT2D eigenvalue weighted by molar-refractivity contribution is -0.138. The SMILES string of the molecule is CC(C)(CC(=O)O)N1CCc2ccccc21. The van der Waals surface area contributed by atoms with Crippen LogP contribution in [0.2, 0.25) is 0 Å². The van der Waals surface area contributed by atoms with Crippen LogP contribution in [0.1, 0.15) is 25.8 Å². The number of rotatable bonds is 3. The smallest absolute Gasteiger partial charge is 0.305 e. The van der Waals surface area contributed by atoms with Gasteiger partial charge in [0.25, 0.3) is 0 Å². The number of para-hydroxylation sites is 1. The average Bonchev–Trinajstić information content (AvgIpc) is 2.59. The molecule has 3 heteroatoms. The van der Waals surface area contributed by atoms with Gasteiger partial charge in [0.15, 0.2) is 0 Å². The summed E-state index contributed by atoms with van der Waals surface area (Å²) in [5.74, 6) is -0.741. The Morgan fingerprint density at radius 1 is 1.44 bits per heavy atom. The van der Waals surface area contributed by atoms with E-state index in [0.717, 1.165) is 13.0 Å². The molecule has 0 bridgehead atoms. The highest BCUT2D eigenvalue weighted by Crippen LogP contribution is 2.34. The largest absolute Gasteiger partial charge is 0.481 e. The Morgan fingerprint density at radius 2 is 2.12 bits per heavy atom. The van der Waals surface area contributed by atoms with Crippen molar-refractivity contribution in [2.45, 2.75) is 32.2 Å². The first-order valence-corrected chi connectivity index (χ1v) is 5.58. The fourth-order valence-corrected chi connectivity index (χ4v) is 2.43. The van der Waals surface area contributed by atoms with Crippen molar-refractivity contribution >= 4 is 11.7 Å². The molecule has 1 heterocycles. The molecule has 0 fully saturated rings. The van der Waals surface area contributed by atoms with E-state index < -0.39 is 5.97 Å². The molecule has 1 N–H and O–H groups in total. The first-order valence-electron chi connectivity index (χ1n) is 5.58. The van der Waals surface area contributed by atoms with Crippen LogP contribution in [0.5, 0.6) is 0 Å². The molecule has 86 valence electrons. The molecule has 1 aromatic rings. The second-order valence-electron chi connectivity index (χ2n) is 4.91. The van der Waals surface area contributed by atoms with Crippen LogP contribution < -0.4 is 4.90 Å². The Hall–Kier alpha value is -1.51. The summed E-state index contributed by atoms with van der Waals surface area (Å²) >= 11 is 0. The van der Waals surface area contributed by atoms with Crippen LogP contribution in [0.25, 0.3) is 0 Å². The van der Waals surface area contributed by atoms with E-state index in [0.29, 0.717) is 0 Å². The van der Waals surface area contributed by atoms with Crippen molar-refractivity contribution in [3.63, 3.8) is 0 Å². The molecule has 0 aromatic heterocycles. The molecule has 0 radical (unpaired) electrons. The zero-order valence-electron chi connectivity index (χ0n) is 9.73. The highest BCUT2D eigenvalue weighted by atomic mass is 16.4. The predicted molar refractivity (Wildman–Crippen MR) is 63.8 cm³/mol. The van der Waals surface area contributed by atoms with Gasteiger partial charge < -0.3 is 10.0 Å². The molecule has 0 amide bonds. The summed E-state index contributed by atoms with van der Waals surface area (Å²) in [6.45, 7) is 4.89. The number of hydrogen-bond acceptors (Lipinski definition) is 2. The van der Waals surface area contributed by atoms with Crippen molar-refractivity contribution in [3.05, 3.63) is 29.8 Å². The van der Waals surface area contributed by atoms with Gasteiger partial charge in [-0.05, 0) is 31.9 Å². The van der Waals surface area contributed by atoms with E-state index in [1.807, 2.05) is 26.0 Å². The van der Waals surface area contributed by atoms with E-state index in [2.05, 4.69) is 17.0 Å². The average molecular weight is 219 g/mol. The lowest BCUT2D eigenvalue weighted by Gasteiger charge is -2.36. The molecule has 3 nitrogen and oxygen atoms in total. The topological polar surface area (TPSA) is 40.5 Å². The minimum Gasteiger partial charge on any atom is -0.481 e. The van der Waals surface area contributed by atoms with Gasteiger partial charge in [0.05, 0.1) is 6.42 Å². The zero-order valence-corrected chi connectivity index (χ0v) is 9.73. The third-order valence-corrected chi connectivity index (χ3v) is 3.20. The quantitative estimate of drug-likeness (QED) is 0.848. The molecule has 1 aliphatic heterocycles. The summed E-state index contributed by atoms with van der Waals surface area (Å²) in [6, 6.07) is 8.23. The molecule has 0 aliphatic carbocycles. The second kappa shape index (κ2) is 3.81. The highest BCUT2D eigenvalue weighted by Gasteiger charge is 2.33. The fraction of sp³-hybridized carbons (Fsp3) is 0.462. The molecule has 0 atom stereocenters. The first kappa shape index (κ1) is 11.0. The minimum atomic E-state index is -0.741. The van der Waals surface area contributed by atoms with Gasteiger partial charge in [-0.1, -0.05) is 18.2 Å². The van der Waals surface area contributed by atoms with Gasteiger partial charge in [-0.15, -0.1) is 0 Å². The Balaban J connectivity index is 2.27. The van der Waals surface area contributed by atoms with Crippen LogP contribution in [0.15, 0.2) is 24.3 Å². The van der Waals surface area contributed by atoms with Crippen LogP contribution in [-0.4, -0.2) is 23.2 Å². The summed E-state index contributed by atoms with van der Waals surface area (Å²) in [6.07, 6.45) is 1.18. The molecule has 0 saturated carbocycles. The maximum Gasteiger partial charge on any atom is 0.305 e. The molecule has 0 unspecified atom stereocenters. The summed E-state index contributed by atoms with van der Waals surface area (Å²) in [4.78, 5) is 13.1. The van der Waals surface area contributed by atoms with Gasteiger partial charge in [-0.25, -0.2) is 0 Å². The number of carboxylic acid groups (broad SMARTS) is 1. The van der Waals surface area contributed by atoms with E-state index in [1.165, 1.54) is 11.3 Å². The molecule has 16 heavy (non-hydrogen) atoms. The van der Waals surface area contributed by atoms with Crippen LogP contribution in [0.4, 0.5) is 5.69 Å². The lowest BCUT2D eigenvalue weighted by atomic mass is 9.98.